The molecule has 3 saturated carbocycles. The average Bonchev–Trinajstić information content (AvgIpc) is 3.78. The van der Waals surface area contributed by atoms with E-state index in [1.165, 1.54) is 25.7 Å². The third-order valence-electron chi connectivity index (χ3n) is 20.3. The summed E-state index contributed by atoms with van der Waals surface area (Å²) in [6.07, 6.45) is 8.94. The van der Waals surface area contributed by atoms with Crippen LogP contribution in [0.1, 0.15) is 142 Å². The van der Waals surface area contributed by atoms with Gasteiger partial charge in [0.2, 0.25) is 0 Å². The van der Waals surface area contributed by atoms with Gasteiger partial charge in [0, 0.05) is 29.7 Å². The van der Waals surface area contributed by atoms with Gasteiger partial charge in [-0.05, 0) is 124 Å². The molecule has 67 heavy (non-hydrogen) atoms. The number of carbonyl (C=O) groups is 1. The molecule has 366 valence electrons. The Hall–Kier alpha value is -2.67. The highest BCUT2D eigenvalue weighted by Crippen LogP contribution is 2.71. The predicted octanol–water partition coefficient (Wildman–Crippen LogP) is 11.2. The van der Waals surface area contributed by atoms with Crippen molar-refractivity contribution in [1.82, 2.24) is 0 Å². The van der Waals surface area contributed by atoms with Crippen molar-refractivity contribution in [3.8, 4) is 0 Å². The van der Waals surface area contributed by atoms with Crippen molar-refractivity contribution in [2.75, 3.05) is 13.2 Å². The number of carbonyl (C=O) groups excluding carboxylic acids is 1. The Labute approximate surface area is 399 Å². The summed E-state index contributed by atoms with van der Waals surface area (Å²) >= 11 is 0. The summed E-state index contributed by atoms with van der Waals surface area (Å²) in [6, 6.07) is 19.2. The summed E-state index contributed by atoms with van der Waals surface area (Å²) in [5, 5.41) is 0. The highest BCUT2D eigenvalue weighted by Gasteiger charge is 2.69. The molecule has 0 bridgehead atoms. The third-order valence-corrected chi connectivity index (χ3v) is 20.3. The van der Waals surface area contributed by atoms with Crippen molar-refractivity contribution in [2.45, 2.75) is 187 Å². The van der Waals surface area contributed by atoms with E-state index >= 15 is 0 Å². The molecule has 22 atom stereocenters. The van der Waals surface area contributed by atoms with Crippen LogP contribution < -0.4 is 0 Å². The maximum Gasteiger partial charge on any atom is 0.338 e. The fraction of sp³-hybridized carbons (Fsp3) is 0.737. The summed E-state index contributed by atoms with van der Waals surface area (Å²) < 4.78 is 61.7. The molecular formula is C57H78O10. The van der Waals surface area contributed by atoms with Gasteiger partial charge in [0.05, 0.1) is 37.1 Å². The predicted molar refractivity (Wildman–Crippen MR) is 252 cm³/mol. The number of esters is 1. The van der Waals surface area contributed by atoms with Crippen LogP contribution in [-0.2, 0) is 42.6 Å². The lowest BCUT2D eigenvalue weighted by molar-refractivity contribution is -0.409. The second-order valence-electron chi connectivity index (χ2n) is 23.7. The van der Waals surface area contributed by atoms with E-state index in [-0.39, 0.29) is 46.6 Å². The summed E-state index contributed by atoms with van der Waals surface area (Å²) in [7, 11) is 0. The SMILES string of the molecule is CC1OC(OC2[C@H](O[C@H]3CC[C@@]4(C)C(=CC[C@H]5[C@@H]6C[C@@H]7O[C@]8(CC[C@@H](C)CO8)[C@@H](C)[C@@H]7[C@@]6(C)CC[C@@H]54)C3)OC3COC(c4ccccc4)O[C@]3(C)[C@@H]2C)C(OC(=O)c2ccccc2)C(C)C1C. The Bertz CT molecular complexity index is 2120. The maximum absolute atomic E-state index is 13.7. The summed E-state index contributed by atoms with van der Waals surface area (Å²) in [4.78, 5) is 13.7. The van der Waals surface area contributed by atoms with Gasteiger partial charge in [0.15, 0.2) is 30.8 Å². The standard InChI is InChI=1S/C57H78O10/c1-32-22-27-57(60-30-32)35(4)47-45(66-57)29-44-42-21-20-40-28-41(23-25-54(40,7)43(42)24-26-55(44,47)8)62-53-49(36(5)56(9)46(63-53)31-59-51(67-56)39-18-14-11-15-19-39)65-52-48(34(3)33(2)37(6)61-52)64-50(58)38-16-12-10-13-17-38/h10-20,32-37,41-49,51-53H,21-31H2,1-9H3/t32-,33?,34?,35+,36-,37?,41+,42-,43+,44+,45+,46?,47+,48?,49?,51?,52?,53-,54+,55+,56-,57-/m1/s1. The second kappa shape index (κ2) is 17.6. The summed E-state index contributed by atoms with van der Waals surface area (Å²) in [5.74, 6) is 2.71. The molecule has 5 saturated heterocycles. The number of fused-ring (bicyclic) bond motifs is 8. The van der Waals surface area contributed by atoms with Gasteiger partial charge in [-0.1, -0.05) is 109 Å². The number of benzene rings is 2. The zero-order valence-electron chi connectivity index (χ0n) is 41.6. The minimum Gasteiger partial charge on any atom is -0.453 e. The van der Waals surface area contributed by atoms with Crippen LogP contribution in [-0.4, -0.2) is 79.8 Å². The molecule has 0 N–H and O–H groups in total. The number of allylic oxidation sites excluding steroid dienone is 1. The summed E-state index contributed by atoms with van der Waals surface area (Å²) in [6.45, 7) is 21.8. The van der Waals surface area contributed by atoms with Crippen LogP contribution in [0.15, 0.2) is 72.3 Å². The topological polar surface area (TPSA) is 100 Å². The van der Waals surface area contributed by atoms with Crippen LogP contribution in [0.25, 0.3) is 0 Å². The molecule has 0 radical (unpaired) electrons. The molecule has 2 aromatic carbocycles. The first-order valence-electron chi connectivity index (χ1n) is 26.4. The Kier molecular flexibility index (Phi) is 12.2. The van der Waals surface area contributed by atoms with E-state index in [2.05, 4.69) is 68.4 Å². The first kappa shape index (κ1) is 46.7. The van der Waals surface area contributed by atoms with Crippen molar-refractivity contribution in [1.29, 1.82) is 0 Å². The molecule has 11 rings (SSSR count). The fourth-order valence-electron chi connectivity index (χ4n) is 15.7. The molecule has 4 aliphatic carbocycles. The Morgan fingerprint density at radius 2 is 1.48 bits per heavy atom. The van der Waals surface area contributed by atoms with Crippen LogP contribution >= 0.6 is 0 Å². The van der Waals surface area contributed by atoms with E-state index in [0.717, 1.165) is 44.3 Å². The molecule has 1 spiro atoms. The minimum atomic E-state index is -0.849. The largest absolute Gasteiger partial charge is 0.453 e. The lowest BCUT2D eigenvalue weighted by Gasteiger charge is -2.59. The van der Waals surface area contributed by atoms with E-state index in [4.69, 9.17) is 42.6 Å². The first-order valence-corrected chi connectivity index (χ1v) is 26.4. The van der Waals surface area contributed by atoms with E-state index in [0.29, 0.717) is 53.8 Å². The van der Waals surface area contributed by atoms with Crippen LogP contribution in [0, 0.1) is 64.1 Å². The molecule has 8 unspecified atom stereocenters. The van der Waals surface area contributed by atoms with Gasteiger partial charge in [-0.25, -0.2) is 4.79 Å². The lowest BCUT2D eigenvalue weighted by Crippen LogP contribution is -2.67. The van der Waals surface area contributed by atoms with Gasteiger partial charge in [-0.15, -0.1) is 0 Å². The number of hydrogen-bond acceptors (Lipinski definition) is 10. The highest BCUT2D eigenvalue weighted by molar-refractivity contribution is 5.89. The molecule has 0 amide bonds. The zero-order chi connectivity index (χ0) is 46.6. The lowest BCUT2D eigenvalue weighted by atomic mass is 9.47. The molecule has 10 nitrogen and oxygen atoms in total. The van der Waals surface area contributed by atoms with Crippen LogP contribution in [0.5, 0.6) is 0 Å². The van der Waals surface area contributed by atoms with E-state index in [9.17, 15) is 4.79 Å². The molecule has 8 fully saturated rings. The molecule has 0 aromatic heterocycles. The number of hydrogen-bond donors (Lipinski definition) is 0. The Morgan fingerprint density at radius 1 is 0.731 bits per heavy atom. The van der Waals surface area contributed by atoms with Gasteiger partial charge in [-0.2, -0.15) is 0 Å². The van der Waals surface area contributed by atoms with Crippen LogP contribution in [0.4, 0.5) is 0 Å². The monoisotopic (exact) mass is 923 g/mol. The third kappa shape index (κ3) is 7.75. The molecule has 9 aliphatic rings. The van der Waals surface area contributed by atoms with Gasteiger partial charge in [0.25, 0.3) is 0 Å². The van der Waals surface area contributed by atoms with Gasteiger partial charge >= 0.3 is 5.97 Å². The molecule has 5 aliphatic heterocycles. The number of rotatable bonds is 7. The zero-order valence-corrected chi connectivity index (χ0v) is 41.6. The maximum atomic E-state index is 13.7. The molecule has 5 heterocycles. The van der Waals surface area contributed by atoms with Gasteiger partial charge < -0.3 is 42.6 Å². The minimum absolute atomic E-state index is 0.0345. The first-order chi connectivity index (χ1) is 32.1. The van der Waals surface area contributed by atoms with Crippen molar-refractivity contribution >= 4 is 5.97 Å². The van der Waals surface area contributed by atoms with Crippen molar-refractivity contribution in [3.63, 3.8) is 0 Å². The highest BCUT2D eigenvalue weighted by atomic mass is 16.8. The molecule has 2 aromatic rings. The van der Waals surface area contributed by atoms with Crippen molar-refractivity contribution in [2.24, 2.45) is 64.1 Å². The van der Waals surface area contributed by atoms with Gasteiger partial charge in [0.1, 0.15) is 17.8 Å². The van der Waals surface area contributed by atoms with E-state index in [1.807, 2.05) is 48.5 Å². The normalized spacial score (nSPS) is 50.3. The second-order valence-corrected chi connectivity index (χ2v) is 23.7. The Balaban J connectivity index is 0.834. The Morgan fingerprint density at radius 3 is 2.22 bits per heavy atom. The number of ether oxygens (including phenoxy) is 9. The van der Waals surface area contributed by atoms with Crippen LogP contribution in [0.2, 0.25) is 0 Å². The van der Waals surface area contributed by atoms with Crippen LogP contribution in [0.3, 0.4) is 0 Å². The molecule has 10 heteroatoms. The average molecular weight is 923 g/mol. The fourth-order valence-corrected chi connectivity index (χ4v) is 15.7. The smallest absolute Gasteiger partial charge is 0.338 e. The molecular weight excluding hydrogens is 845 g/mol. The quantitative estimate of drug-likeness (QED) is 0.197. The van der Waals surface area contributed by atoms with Crippen molar-refractivity contribution in [3.05, 3.63) is 83.4 Å². The van der Waals surface area contributed by atoms with E-state index < -0.39 is 48.8 Å². The van der Waals surface area contributed by atoms with E-state index in [1.54, 1.807) is 17.7 Å². The summed E-state index contributed by atoms with van der Waals surface area (Å²) in [5.41, 5.74) is 2.64. The van der Waals surface area contributed by atoms with Crippen molar-refractivity contribution < 1.29 is 47.4 Å². The van der Waals surface area contributed by atoms with Gasteiger partial charge in [-0.3, -0.25) is 0 Å².